The average Bonchev–Trinajstić information content (AvgIpc) is 4.07. The Hall–Kier alpha value is -8.63. The van der Waals surface area contributed by atoms with Gasteiger partial charge < -0.3 is 4.42 Å². The van der Waals surface area contributed by atoms with Gasteiger partial charge in [-0.1, -0.05) is 194 Å². The molecule has 4 aromatic heterocycles. The highest BCUT2D eigenvalue weighted by molar-refractivity contribution is 7.21. The fourth-order valence-electron chi connectivity index (χ4n) is 11.9. The van der Waals surface area contributed by atoms with E-state index in [-0.39, 0.29) is 0 Å². The van der Waals surface area contributed by atoms with Crippen molar-refractivity contribution in [1.82, 2.24) is 14.4 Å². The molecule has 1 aliphatic heterocycles. The van der Waals surface area contributed by atoms with Gasteiger partial charge >= 0.3 is 0 Å². The second-order valence-corrected chi connectivity index (χ2v) is 25.6. The van der Waals surface area contributed by atoms with Gasteiger partial charge in [0.25, 0.3) is 0 Å². The minimum atomic E-state index is -3.12. The van der Waals surface area contributed by atoms with Crippen LogP contribution in [-0.4, -0.2) is 30.5 Å². The Morgan fingerprint density at radius 1 is 0.406 bits per heavy atom. The van der Waals surface area contributed by atoms with Crippen molar-refractivity contribution in [1.29, 1.82) is 0 Å². The zero-order valence-electron chi connectivity index (χ0n) is 37.4. The predicted octanol–water partition coefficient (Wildman–Crippen LogP) is 9.47. The third-order valence-corrected chi connectivity index (χ3v) is 24.3. The molecule has 324 valence electrons. The first-order valence-corrected chi connectivity index (χ1v) is 27.5. The maximum Gasteiger partial charge on any atom is 0.186 e. The summed E-state index contributed by atoms with van der Waals surface area (Å²) >= 11 is 0. The van der Waals surface area contributed by atoms with E-state index in [4.69, 9.17) is 14.4 Å². The molecule has 0 amide bonds. The molecule has 9 aromatic carbocycles. The number of para-hydroxylation sites is 2. The summed E-state index contributed by atoms with van der Waals surface area (Å²) in [6.07, 6.45) is 5.96. The lowest BCUT2D eigenvalue weighted by Crippen LogP contribution is -2.77. The number of benzene rings is 9. The van der Waals surface area contributed by atoms with E-state index in [1.807, 2.05) is 12.4 Å². The summed E-state index contributed by atoms with van der Waals surface area (Å²) in [5.41, 5.74) is 5.95. The molecule has 0 bridgehead atoms. The number of nitrogens with zero attached hydrogens (tertiary/aromatic N) is 4. The van der Waals surface area contributed by atoms with Gasteiger partial charge in [0.05, 0.1) is 11.2 Å². The van der Waals surface area contributed by atoms with Crippen LogP contribution in [0.2, 0.25) is 0 Å². The van der Waals surface area contributed by atoms with E-state index in [2.05, 4.69) is 252 Å². The monoisotopic (exact) mass is 914 g/mol. The lowest BCUT2D eigenvalue weighted by Gasteiger charge is -2.44. The zero-order chi connectivity index (χ0) is 45.5. The maximum absolute atomic E-state index is 6.78. The first kappa shape index (κ1) is 39.5. The van der Waals surface area contributed by atoms with Crippen LogP contribution in [0, 0.1) is 0 Å². The predicted molar refractivity (Wildman–Crippen MR) is 291 cm³/mol. The highest BCUT2D eigenvalue weighted by Gasteiger charge is 2.50. The normalized spacial score (nSPS) is 13.3. The van der Waals surface area contributed by atoms with Gasteiger partial charge in [-0.3, -0.25) is 9.30 Å². The van der Waals surface area contributed by atoms with Crippen LogP contribution < -0.4 is 46.4 Å². The number of hydrogen-bond donors (Lipinski definition) is 0. The topological polar surface area (TPSA) is 46.6 Å². The Morgan fingerprint density at radius 2 is 1.04 bits per heavy atom. The summed E-state index contributed by atoms with van der Waals surface area (Å²) in [4.78, 5) is 12.9. The third-order valence-electron chi connectivity index (χ3n) is 14.7. The van der Waals surface area contributed by atoms with Crippen LogP contribution in [-0.2, 0) is 0 Å². The van der Waals surface area contributed by atoms with Gasteiger partial charge in [0.2, 0.25) is 0 Å². The van der Waals surface area contributed by atoms with Crippen molar-refractivity contribution in [3.63, 3.8) is 0 Å². The Kier molecular flexibility index (Phi) is 8.86. The Bertz CT molecular complexity index is 4020. The lowest BCUT2D eigenvalue weighted by molar-refractivity contribution is 0.669. The van der Waals surface area contributed by atoms with Gasteiger partial charge in [-0.25, -0.2) is 9.97 Å². The van der Waals surface area contributed by atoms with Crippen molar-refractivity contribution in [3.05, 3.63) is 255 Å². The number of aromatic nitrogens is 3. The van der Waals surface area contributed by atoms with Crippen LogP contribution in [0.1, 0.15) is 0 Å². The quantitative estimate of drug-likeness (QED) is 0.0909. The van der Waals surface area contributed by atoms with Gasteiger partial charge in [0.1, 0.15) is 22.6 Å². The Labute approximate surface area is 400 Å². The Morgan fingerprint density at radius 3 is 1.78 bits per heavy atom. The molecular formula is C62H42N4OSi2. The van der Waals surface area contributed by atoms with E-state index >= 15 is 0 Å². The highest BCUT2D eigenvalue weighted by atomic mass is 28.3. The molecule has 0 spiro atoms. The molecule has 0 N–H and O–H groups in total. The SMILES string of the molecule is c1ccc([Si](c2ccccc2)(c2cccc(N3c4cc5oc6ccccc6c5cc4[Si](c4ccccc4)(c4ccccc4)c4cccnc43)c2)c2ccc3c4ccccc4n4ccnc4c3c2)cc1. The summed E-state index contributed by atoms with van der Waals surface area (Å²) in [5.74, 6) is 0.933. The number of imidazole rings is 1. The fraction of sp³-hybridized carbons (Fsp3) is 0. The second kappa shape index (κ2) is 15.5. The number of pyridine rings is 2. The van der Waals surface area contributed by atoms with E-state index in [1.165, 1.54) is 52.3 Å². The maximum atomic E-state index is 6.78. The van der Waals surface area contributed by atoms with Crippen molar-refractivity contribution in [2.75, 3.05) is 4.90 Å². The molecule has 0 aliphatic carbocycles. The van der Waals surface area contributed by atoms with E-state index in [0.29, 0.717) is 0 Å². The van der Waals surface area contributed by atoms with Crippen LogP contribution in [0.25, 0.3) is 49.3 Å². The smallest absolute Gasteiger partial charge is 0.186 e. The summed E-state index contributed by atoms with van der Waals surface area (Å²) < 4.78 is 9.01. The zero-order valence-corrected chi connectivity index (χ0v) is 39.4. The summed E-state index contributed by atoms with van der Waals surface area (Å²) in [6, 6.07) is 87.6. The van der Waals surface area contributed by atoms with Crippen molar-refractivity contribution in [2.45, 2.75) is 0 Å². The molecule has 0 saturated heterocycles. The minimum absolute atomic E-state index is 0.853. The van der Waals surface area contributed by atoms with Gasteiger partial charge in [0.15, 0.2) is 16.1 Å². The lowest BCUT2D eigenvalue weighted by atomic mass is 10.1. The van der Waals surface area contributed by atoms with E-state index in [0.717, 1.165) is 55.7 Å². The van der Waals surface area contributed by atoms with E-state index in [1.54, 1.807) is 0 Å². The van der Waals surface area contributed by atoms with Crippen LogP contribution >= 0.6 is 0 Å². The first-order valence-electron chi connectivity index (χ1n) is 23.5. The van der Waals surface area contributed by atoms with Crippen molar-refractivity contribution < 1.29 is 4.42 Å². The summed E-state index contributed by atoms with van der Waals surface area (Å²) in [7, 11) is -6.17. The van der Waals surface area contributed by atoms with Gasteiger partial charge in [-0.05, 0) is 83.3 Å². The Balaban J connectivity index is 1.08. The van der Waals surface area contributed by atoms with Gasteiger partial charge in [-0.2, -0.15) is 0 Å². The minimum Gasteiger partial charge on any atom is -0.456 e. The molecule has 0 atom stereocenters. The molecule has 0 saturated carbocycles. The van der Waals surface area contributed by atoms with E-state index < -0.39 is 16.1 Å². The number of hydrogen-bond acceptors (Lipinski definition) is 4. The third kappa shape index (κ3) is 5.69. The molecule has 1 aliphatic rings. The highest BCUT2D eigenvalue weighted by Crippen LogP contribution is 2.41. The molecule has 0 unspecified atom stereocenters. The van der Waals surface area contributed by atoms with Crippen LogP contribution in [0.3, 0.4) is 0 Å². The number of furan rings is 1. The molecule has 5 nitrogen and oxygen atoms in total. The van der Waals surface area contributed by atoms with Crippen LogP contribution in [0.15, 0.2) is 260 Å². The van der Waals surface area contributed by atoms with Crippen LogP contribution in [0.5, 0.6) is 0 Å². The molecule has 69 heavy (non-hydrogen) atoms. The number of anilines is 3. The number of rotatable bonds is 7. The molecule has 14 rings (SSSR count). The van der Waals surface area contributed by atoms with Crippen molar-refractivity contribution in [3.8, 4) is 0 Å². The molecule has 0 fully saturated rings. The number of fused-ring (bicyclic) bond motifs is 11. The van der Waals surface area contributed by atoms with Crippen molar-refractivity contribution in [2.24, 2.45) is 0 Å². The van der Waals surface area contributed by atoms with Crippen LogP contribution in [0.4, 0.5) is 17.2 Å². The largest absolute Gasteiger partial charge is 0.456 e. The van der Waals surface area contributed by atoms with Gasteiger partial charge in [-0.15, -0.1) is 0 Å². The average molecular weight is 915 g/mol. The molecule has 0 radical (unpaired) electrons. The summed E-state index contributed by atoms with van der Waals surface area (Å²) in [6.45, 7) is 0. The molecule has 13 aromatic rings. The standard InChI is InChI=1S/C62H42N4OSi2/c1-5-20-44(21-6-1)68(45-22-7-2-8-23-45,49-34-35-50-51-29-13-15-31-55(51)65-38-37-64-61(65)54(50)40-49)48-28-17-19-43(39-48)66-56-42-58-53(52-30-14-16-32-57(52)67-58)41-60(56)69(46-24-9-3-10-25-46,47-26-11-4-12-27-47)59-33-18-36-63-62(59)66/h1-42H. The molecule has 7 heteroatoms. The molecular weight excluding hydrogens is 873 g/mol. The first-order chi connectivity index (χ1) is 34.2. The van der Waals surface area contributed by atoms with Crippen molar-refractivity contribution >= 4 is 124 Å². The second-order valence-electron chi connectivity index (χ2n) is 18.1. The fourth-order valence-corrected chi connectivity index (χ4v) is 21.7. The van der Waals surface area contributed by atoms with E-state index in [9.17, 15) is 0 Å². The van der Waals surface area contributed by atoms with Gasteiger partial charge in [0, 0.05) is 51.9 Å². The molecule has 5 heterocycles. The summed E-state index contributed by atoms with van der Waals surface area (Å²) in [5, 5.41) is 16.1.